The molecule has 2 heterocycles. The Hall–Kier alpha value is -1.53. The van der Waals surface area contributed by atoms with Gasteiger partial charge in [-0.25, -0.2) is 20.8 Å². The fraction of sp³-hybridized carbons (Fsp3) is 0.125. The molecular formula is C8H9N5S. The molecule has 72 valence electrons. The summed E-state index contributed by atoms with van der Waals surface area (Å²) in [6.07, 6.45) is 0. The lowest BCUT2D eigenvalue weighted by Crippen LogP contribution is -2.09. The van der Waals surface area contributed by atoms with Gasteiger partial charge in [0.05, 0.1) is 5.51 Å². The number of nitrogen functional groups attached to an aromatic ring is 1. The highest BCUT2D eigenvalue weighted by Crippen LogP contribution is 2.16. The van der Waals surface area contributed by atoms with Crippen LogP contribution in [0.2, 0.25) is 0 Å². The van der Waals surface area contributed by atoms with Crippen LogP contribution in [0.5, 0.6) is 0 Å². The molecule has 0 aromatic carbocycles. The Morgan fingerprint density at radius 2 is 2.29 bits per heavy atom. The lowest BCUT2D eigenvalue weighted by Gasteiger charge is -2.02. The van der Waals surface area contributed by atoms with Crippen LogP contribution >= 0.6 is 11.3 Å². The van der Waals surface area contributed by atoms with E-state index in [0.717, 1.165) is 11.4 Å². The first-order chi connectivity index (χ1) is 6.79. The van der Waals surface area contributed by atoms with Gasteiger partial charge >= 0.3 is 0 Å². The minimum absolute atomic E-state index is 0.596. The number of nitrogens with zero attached hydrogens (tertiary/aromatic N) is 3. The van der Waals surface area contributed by atoms with Crippen molar-refractivity contribution >= 4 is 17.2 Å². The van der Waals surface area contributed by atoms with Crippen LogP contribution in [0, 0.1) is 6.92 Å². The summed E-state index contributed by atoms with van der Waals surface area (Å²) in [6, 6.07) is 1.77. The van der Waals surface area contributed by atoms with Crippen molar-refractivity contribution in [3.05, 3.63) is 22.7 Å². The first kappa shape index (κ1) is 9.04. The topological polar surface area (TPSA) is 76.7 Å². The average molecular weight is 207 g/mol. The fourth-order valence-corrected chi connectivity index (χ4v) is 1.61. The van der Waals surface area contributed by atoms with Crippen LogP contribution in [-0.4, -0.2) is 15.0 Å². The number of hydrazine groups is 1. The monoisotopic (exact) mass is 207 g/mol. The van der Waals surface area contributed by atoms with Crippen molar-refractivity contribution in [2.45, 2.75) is 6.92 Å². The van der Waals surface area contributed by atoms with E-state index in [9.17, 15) is 0 Å². The van der Waals surface area contributed by atoms with E-state index >= 15 is 0 Å². The Labute approximate surface area is 85.0 Å². The summed E-state index contributed by atoms with van der Waals surface area (Å²) in [5, 5.41) is 1.90. The standard InChI is InChI=1S/C8H9N5S/c1-5-2-7(13-9)12-8(11-5)6-3-14-4-10-6/h2-4H,9H2,1H3,(H,11,12,13). The third kappa shape index (κ3) is 1.70. The zero-order chi connectivity index (χ0) is 9.97. The quantitative estimate of drug-likeness (QED) is 0.571. The molecule has 5 nitrogen and oxygen atoms in total. The number of hydrogen-bond acceptors (Lipinski definition) is 6. The lowest BCUT2D eigenvalue weighted by atomic mass is 10.4. The Kier molecular flexibility index (Phi) is 2.38. The molecule has 0 amide bonds. The van der Waals surface area contributed by atoms with Crippen molar-refractivity contribution in [2.24, 2.45) is 5.84 Å². The molecule has 2 aromatic rings. The highest BCUT2D eigenvalue weighted by molar-refractivity contribution is 7.07. The van der Waals surface area contributed by atoms with E-state index in [4.69, 9.17) is 5.84 Å². The minimum Gasteiger partial charge on any atom is -0.308 e. The van der Waals surface area contributed by atoms with Gasteiger partial charge in [0.1, 0.15) is 11.5 Å². The molecule has 0 saturated heterocycles. The van der Waals surface area contributed by atoms with Crippen molar-refractivity contribution in [1.29, 1.82) is 0 Å². The number of nitrogens with two attached hydrogens (primary N) is 1. The van der Waals surface area contributed by atoms with E-state index in [-0.39, 0.29) is 0 Å². The lowest BCUT2D eigenvalue weighted by molar-refractivity contribution is 1.08. The Morgan fingerprint density at radius 1 is 1.43 bits per heavy atom. The highest BCUT2D eigenvalue weighted by Gasteiger charge is 2.05. The van der Waals surface area contributed by atoms with Gasteiger partial charge in [-0.1, -0.05) is 0 Å². The SMILES string of the molecule is Cc1cc(NN)nc(-c2cscn2)n1. The fourth-order valence-electron chi connectivity index (χ4n) is 1.08. The number of thiazole rings is 1. The van der Waals surface area contributed by atoms with E-state index in [1.165, 1.54) is 11.3 Å². The molecule has 0 aliphatic heterocycles. The third-order valence-electron chi connectivity index (χ3n) is 1.66. The molecule has 0 atom stereocenters. The van der Waals surface area contributed by atoms with E-state index in [1.807, 2.05) is 12.3 Å². The summed E-state index contributed by atoms with van der Waals surface area (Å²) in [6.45, 7) is 1.89. The molecule has 14 heavy (non-hydrogen) atoms. The third-order valence-corrected chi connectivity index (χ3v) is 2.25. The van der Waals surface area contributed by atoms with Crippen molar-refractivity contribution in [2.75, 3.05) is 5.43 Å². The van der Waals surface area contributed by atoms with Crippen LogP contribution in [0.3, 0.4) is 0 Å². The van der Waals surface area contributed by atoms with Gasteiger partial charge in [-0.2, -0.15) is 0 Å². The number of aryl methyl sites for hydroxylation is 1. The summed E-state index contributed by atoms with van der Waals surface area (Å²) in [5.41, 5.74) is 5.87. The maximum atomic E-state index is 5.28. The molecule has 0 unspecified atom stereocenters. The van der Waals surface area contributed by atoms with Crippen LogP contribution in [-0.2, 0) is 0 Å². The van der Waals surface area contributed by atoms with Crippen molar-refractivity contribution < 1.29 is 0 Å². The van der Waals surface area contributed by atoms with Gasteiger partial charge in [-0.15, -0.1) is 11.3 Å². The summed E-state index contributed by atoms with van der Waals surface area (Å²) in [7, 11) is 0. The molecule has 0 fully saturated rings. The van der Waals surface area contributed by atoms with Crippen molar-refractivity contribution in [3.8, 4) is 11.5 Å². The second-order valence-electron chi connectivity index (χ2n) is 2.74. The molecule has 0 bridgehead atoms. The molecule has 0 aliphatic rings. The summed E-state index contributed by atoms with van der Waals surface area (Å²) in [5.74, 6) is 6.48. The molecule has 2 aromatic heterocycles. The molecule has 6 heteroatoms. The first-order valence-corrected chi connectivity index (χ1v) is 4.95. The number of anilines is 1. The van der Waals surface area contributed by atoms with Gasteiger partial charge in [-0.05, 0) is 6.92 Å². The van der Waals surface area contributed by atoms with Crippen LogP contribution < -0.4 is 11.3 Å². The molecular weight excluding hydrogens is 198 g/mol. The zero-order valence-corrected chi connectivity index (χ0v) is 8.38. The van der Waals surface area contributed by atoms with Gasteiger partial charge in [0, 0.05) is 17.1 Å². The first-order valence-electron chi connectivity index (χ1n) is 4.00. The Morgan fingerprint density at radius 3 is 2.93 bits per heavy atom. The van der Waals surface area contributed by atoms with E-state index in [0.29, 0.717) is 11.6 Å². The molecule has 0 saturated carbocycles. The molecule has 0 radical (unpaired) electrons. The summed E-state index contributed by atoms with van der Waals surface area (Å²) >= 11 is 1.51. The number of aromatic nitrogens is 3. The van der Waals surface area contributed by atoms with Crippen LogP contribution in [0.15, 0.2) is 17.0 Å². The van der Waals surface area contributed by atoms with E-state index in [1.54, 1.807) is 11.6 Å². The molecule has 0 aliphatic carbocycles. The number of hydrogen-bond donors (Lipinski definition) is 2. The predicted octanol–water partition coefficient (Wildman–Crippen LogP) is 1.19. The minimum atomic E-state index is 0.596. The van der Waals surface area contributed by atoms with Crippen molar-refractivity contribution in [1.82, 2.24) is 15.0 Å². The van der Waals surface area contributed by atoms with Crippen LogP contribution in [0.4, 0.5) is 5.82 Å². The highest BCUT2D eigenvalue weighted by atomic mass is 32.1. The van der Waals surface area contributed by atoms with Gasteiger partial charge in [0.15, 0.2) is 5.82 Å². The van der Waals surface area contributed by atoms with E-state index < -0.39 is 0 Å². The summed E-state index contributed by atoms with van der Waals surface area (Å²) in [4.78, 5) is 12.6. The van der Waals surface area contributed by atoms with Crippen LogP contribution in [0.1, 0.15) is 5.69 Å². The molecule has 3 N–H and O–H groups in total. The zero-order valence-electron chi connectivity index (χ0n) is 7.56. The molecule has 0 spiro atoms. The van der Waals surface area contributed by atoms with E-state index in [2.05, 4.69) is 20.4 Å². The largest absolute Gasteiger partial charge is 0.308 e. The summed E-state index contributed by atoms with van der Waals surface area (Å²) < 4.78 is 0. The normalized spacial score (nSPS) is 10.1. The van der Waals surface area contributed by atoms with Crippen LogP contribution in [0.25, 0.3) is 11.5 Å². The van der Waals surface area contributed by atoms with Gasteiger partial charge in [0.25, 0.3) is 0 Å². The average Bonchev–Trinajstić information content (AvgIpc) is 2.69. The number of rotatable bonds is 2. The maximum absolute atomic E-state index is 5.28. The second kappa shape index (κ2) is 3.69. The molecule has 2 rings (SSSR count). The smallest absolute Gasteiger partial charge is 0.181 e. The van der Waals surface area contributed by atoms with Gasteiger partial charge < -0.3 is 5.43 Å². The Bertz CT molecular complexity index is 425. The van der Waals surface area contributed by atoms with Crippen molar-refractivity contribution in [3.63, 3.8) is 0 Å². The second-order valence-corrected chi connectivity index (χ2v) is 3.45. The predicted molar refractivity (Wildman–Crippen MR) is 55.7 cm³/mol. The van der Waals surface area contributed by atoms with Gasteiger partial charge in [-0.3, -0.25) is 0 Å². The maximum Gasteiger partial charge on any atom is 0.181 e. The number of nitrogens with one attached hydrogen (secondary N) is 1. The van der Waals surface area contributed by atoms with Gasteiger partial charge in [0.2, 0.25) is 0 Å². The Balaban J connectivity index is 2.48.